The first-order valence-electron chi connectivity index (χ1n) is 11.4. The Bertz CT molecular complexity index is 505. The third-order valence-electron chi connectivity index (χ3n) is 5.42. The maximum absolute atomic E-state index is 12.0. The number of amides is 1. The molecule has 1 heterocycles. The fraction of sp³-hybridized carbons (Fsp3) is 0.783. The summed E-state index contributed by atoms with van der Waals surface area (Å²) in [6.07, 6.45) is 14.5. The average molecular weight is 412 g/mol. The van der Waals surface area contributed by atoms with Crippen LogP contribution in [0, 0.1) is 0 Å². The third-order valence-corrected chi connectivity index (χ3v) is 5.42. The Hall–Kier alpha value is -1.37. The lowest BCUT2D eigenvalue weighted by molar-refractivity contribution is -0.0199. The van der Waals surface area contributed by atoms with Crippen LogP contribution in [0.2, 0.25) is 0 Å². The van der Waals surface area contributed by atoms with E-state index in [2.05, 4.69) is 12.2 Å². The lowest BCUT2D eigenvalue weighted by Crippen LogP contribution is -2.50. The molecule has 0 aliphatic rings. The Morgan fingerprint density at radius 1 is 0.966 bits per heavy atom. The van der Waals surface area contributed by atoms with E-state index >= 15 is 0 Å². The molecule has 29 heavy (non-hydrogen) atoms. The second-order valence-electron chi connectivity index (χ2n) is 7.98. The van der Waals surface area contributed by atoms with E-state index < -0.39 is 30.8 Å². The molecule has 6 heteroatoms. The monoisotopic (exact) mass is 411 g/mol. The van der Waals surface area contributed by atoms with E-state index in [0.29, 0.717) is 6.42 Å². The van der Waals surface area contributed by atoms with Crippen LogP contribution in [0.4, 0.5) is 0 Å². The zero-order valence-electron chi connectivity index (χ0n) is 18.0. The van der Waals surface area contributed by atoms with Crippen molar-refractivity contribution in [1.82, 2.24) is 5.32 Å². The summed E-state index contributed by atoms with van der Waals surface area (Å²) in [5.41, 5.74) is 0. The van der Waals surface area contributed by atoms with Gasteiger partial charge in [0.05, 0.1) is 25.0 Å². The Labute approximate surface area is 175 Å². The second-order valence-corrected chi connectivity index (χ2v) is 7.98. The van der Waals surface area contributed by atoms with Gasteiger partial charge in [0.25, 0.3) is 5.91 Å². The molecule has 1 aromatic heterocycles. The maximum Gasteiger partial charge on any atom is 0.287 e. The van der Waals surface area contributed by atoms with Gasteiger partial charge in [0.2, 0.25) is 0 Å². The topological polar surface area (TPSA) is 103 Å². The number of carbonyl (C=O) groups is 1. The standard InChI is InChI=1S/C23H41NO5/c1-2-3-4-5-6-7-8-9-10-11-12-13-15-20(26)22(27)19(18-25)24-23(28)21-16-14-17-29-21/h14,16-17,19-20,22,25-27H,2-13,15,18H2,1H3,(H,24,28)/t19-,20+,22-/m0/s1. The van der Waals surface area contributed by atoms with Gasteiger partial charge >= 0.3 is 0 Å². The quantitative estimate of drug-likeness (QED) is 0.271. The summed E-state index contributed by atoms with van der Waals surface area (Å²) in [6, 6.07) is 2.15. The molecule has 0 aliphatic carbocycles. The number of carbonyl (C=O) groups excluding carboxylic acids is 1. The minimum Gasteiger partial charge on any atom is -0.459 e. The normalized spacial score (nSPS) is 14.5. The summed E-state index contributed by atoms with van der Waals surface area (Å²) < 4.78 is 4.99. The van der Waals surface area contributed by atoms with Crippen LogP contribution in [0.3, 0.4) is 0 Å². The van der Waals surface area contributed by atoms with Crippen molar-refractivity contribution in [3.63, 3.8) is 0 Å². The molecule has 0 fully saturated rings. The van der Waals surface area contributed by atoms with E-state index in [1.165, 1.54) is 70.1 Å². The van der Waals surface area contributed by atoms with Gasteiger partial charge < -0.3 is 25.1 Å². The Morgan fingerprint density at radius 3 is 2.00 bits per heavy atom. The Morgan fingerprint density at radius 2 is 1.52 bits per heavy atom. The summed E-state index contributed by atoms with van der Waals surface area (Å²) in [4.78, 5) is 12.0. The van der Waals surface area contributed by atoms with Crippen LogP contribution in [0.15, 0.2) is 22.8 Å². The summed E-state index contributed by atoms with van der Waals surface area (Å²) in [5, 5.41) is 32.4. The van der Waals surface area contributed by atoms with E-state index in [4.69, 9.17) is 4.42 Å². The van der Waals surface area contributed by atoms with Gasteiger partial charge in [0.15, 0.2) is 5.76 Å². The van der Waals surface area contributed by atoms with E-state index in [1.807, 2.05) is 0 Å². The minimum absolute atomic E-state index is 0.103. The molecule has 0 saturated heterocycles. The molecule has 1 rings (SSSR count). The predicted molar refractivity (Wildman–Crippen MR) is 115 cm³/mol. The highest BCUT2D eigenvalue weighted by Gasteiger charge is 2.27. The first-order chi connectivity index (χ1) is 14.1. The summed E-state index contributed by atoms with van der Waals surface area (Å²) >= 11 is 0. The molecular weight excluding hydrogens is 370 g/mol. The van der Waals surface area contributed by atoms with Crippen LogP contribution in [-0.2, 0) is 0 Å². The molecule has 0 saturated carbocycles. The highest BCUT2D eigenvalue weighted by Crippen LogP contribution is 2.14. The van der Waals surface area contributed by atoms with Gasteiger partial charge in [0, 0.05) is 0 Å². The average Bonchev–Trinajstić information content (AvgIpc) is 3.27. The van der Waals surface area contributed by atoms with Crippen molar-refractivity contribution in [3.8, 4) is 0 Å². The highest BCUT2D eigenvalue weighted by atomic mass is 16.3. The summed E-state index contributed by atoms with van der Waals surface area (Å²) in [6.45, 7) is 1.79. The predicted octanol–water partition coefficient (Wildman–Crippen LogP) is 4.18. The van der Waals surface area contributed by atoms with Crippen molar-refractivity contribution in [2.75, 3.05) is 6.61 Å². The van der Waals surface area contributed by atoms with Crippen molar-refractivity contribution >= 4 is 5.91 Å². The van der Waals surface area contributed by atoms with Gasteiger partial charge in [-0.15, -0.1) is 0 Å². The molecule has 0 radical (unpaired) electrons. The number of furan rings is 1. The lowest BCUT2D eigenvalue weighted by Gasteiger charge is -2.26. The van der Waals surface area contributed by atoms with Crippen molar-refractivity contribution < 1.29 is 24.5 Å². The van der Waals surface area contributed by atoms with Crippen LogP contribution < -0.4 is 5.32 Å². The number of aliphatic hydroxyl groups excluding tert-OH is 3. The molecular formula is C23H41NO5. The summed E-state index contributed by atoms with van der Waals surface area (Å²) in [7, 11) is 0. The number of rotatable bonds is 18. The molecule has 0 spiro atoms. The van der Waals surface area contributed by atoms with E-state index in [0.717, 1.165) is 19.3 Å². The second kappa shape index (κ2) is 16.4. The Kier molecular flexibility index (Phi) is 14.5. The van der Waals surface area contributed by atoms with Crippen LogP contribution >= 0.6 is 0 Å². The van der Waals surface area contributed by atoms with E-state index in [9.17, 15) is 20.1 Å². The van der Waals surface area contributed by atoms with Crippen molar-refractivity contribution in [2.45, 2.75) is 109 Å². The van der Waals surface area contributed by atoms with E-state index in [1.54, 1.807) is 6.07 Å². The number of hydrogen-bond donors (Lipinski definition) is 4. The fourth-order valence-corrected chi connectivity index (χ4v) is 3.52. The minimum atomic E-state index is -1.22. The molecule has 6 nitrogen and oxygen atoms in total. The van der Waals surface area contributed by atoms with Crippen molar-refractivity contribution in [1.29, 1.82) is 0 Å². The number of aliphatic hydroxyl groups is 3. The zero-order chi connectivity index (χ0) is 21.3. The molecule has 0 bridgehead atoms. The van der Waals surface area contributed by atoms with Gasteiger partial charge in [-0.3, -0.25) is 4.79 Å². The van der Waals surface area contributed by atoms with Gasteiger partial charge in [-0.2, -0.15) is 0 Å². The van der Waals surface area contributed by atoms with Crippen LogP contribution in [0.1, 0.15) is 101 Å². The number of unbranched alkanes of at least 4 members (excludes halogenated alkanes) is 11. The highest BCUT2D eigenvalue weighted by molar-refractivity contribution is 5.91. The van der Waals surface area contributed by atoms with Crippen molar-refractivity contribution in [2.24, 2.45) is 0 Å². The smallest absolute Gasteiger partial charge is 0.287 e. The first kappa shape index (κ1) is 25.7. The molecule has 1 amide bonds. The number of nitrogens with one attached hydrogen (secondary N) is 1. The van der Waals surface area contributed by atoms with Gasteiger partial charge in [-0.05, 0) is 18.6 Å². The molecule has 0 aliphatic heterocycles. The molecule has 3 atom stereocenters. The van der Waals surface area contributed by atoms with Gasteiger partial charge in [0.1, 0.15) is 6.10 Å². The zero-order valence-corrected chi connectivity index (χ0v) is 18.0. The van der Waals surface area contributed by atoms with Crippen LogP contribution in [-0.4, -0.2) is 46.1 Å². The fourth-order valence-electron chi connectivity index (χ4n) is 3.52. The molecule has 0 unspecified atom stereocenters. The number of hydrogen-bond acceptors (Lipinski definition) is 5. The van der Waals surface area contributed by atoms with Crippen LogP contribution in [0.5, 0.6) is 0 Å². The van der Waals surface area contributed by atoms with Crippen molar-refractivity contribution in [3.05, 3.63) is 24.2 Å². The molecule has 0 aromatic carbocycles. The lowest BCUT2D eigenvalue weighted by atomic mass is 9.99. The maximum atomic E-state index is 12.0. The third kappa shape index (κ3) is 11.4. The summed E-state index contributed by atoms with van der Waals surface area (Å²) in [5.74, 6) is -0.420. The SMILES string of the molecule is CCCCCCCCCCCCCC[C@@H](O)[C@@H](O)[C@H](CO)NC(=O)c1ccco1. The van der Waals surface area contributed by atoms with Crippen LogP contribution in [0.25, 0.3) is 0 Å². The largest absolute Gasteiger partial charge is 0.459 e. The molecule has 4 N–H and O–H groups in total. The molecule has 1 aromatic rings. The first-order valence-corrected chi connectivity index (χ1v) is 11.4. The Balaban J connectivity index is 2.07. The van der Waals surface area contributed by atoms with Gasteiger partial charge in [-0.1, -0.05) is 84.0 Å². The van der Waals surface area contributed by atoms with Gasteiger partial charge in [-0.25, -0.2) is 0 Å². The molecule has 168 valence electrons. The van der Waals surface area contributed by atoms with E-state index in [-0.39, 0.29) is 5.76 Å².